The van der Waals surface area contributed by atoms with Crippen LogP contribution in [0.1, 0.15) is 11.6 Å². The van der Waals surface area contributed by atoms with E-state index < -0.39 is 11.9 Å². The second-order valence-corrected chi connectivity index (χ2v) is 2.76. The molecule has 0 aliphatic carbocycles. The van der Waals surface area contributed by atoms with Crippen LogP contribution in [0.5, 0.6) is 5.75 Å². The molecule has 1 atom stereocenters. The summed E-state index contributed by atoms with van der Waals surface area (Å²) in [6, 6.07) is 3.31. The molecule has 1 rings (SSSR count). The van der Waals surface area contributed by atoms with Crippen molar-refractivity contribution in [1.82, 2.24) is 0 Å². The number of hydrogen-bond acceptors (Lipinski definition) is 3. The van der Waals surface area contributed by atoms with Crippen LogP contribution in [-0.2, 0) is 4.74 Å². The molecule has 80 valence electrons. The maximum atomic E-state index is 12.6. The van der Waals surface area contributed by atoms with Gasteiger partial charge < -0.3 is 15.6 Å². The summed E-state index contributed by atoms with van der Waals surface area (Å²) in [5, 5.41) is 9.31. The van der Waals surface area contributed by atoms with Gasteiger partial charge in [0.15, 0.2) is 0 Å². The first-order valence-corrected chi connectivity index (χ1v) is 3.88. The normalized spacial score (nSPS) is 11.9. The first-order valence-electron chi connectivity index (χ1n) is 3.88. The fourth-order valence-electron chi connectivity index (χ4n) is 1.10. The fraction of sp³-hybridized carbons (Fsp3) is 0.333. The molecule has 0 saturated carbocycles. The number of aromatic hydroxyl groups is 1. The molecule has 1 aromatic carbocycles. The molecule has 0 radical (unpaired) electrons. The van der Waals surface area contributed by atoms with E-state index >= 15 is 0 Å². The molecule has 0 aromatic heterocycles. The molecule has 0 fully saturated rings. The predicted molar refractivity (Wildman–Crippen MR) is 54.1 cm³/mol. The Morgan fingerprint density at radius 1 is 1.57 bits per heavy atom. The van der Waals surface area contributed by atoms with Crippen molar-refractivity contribution in [2.75, 3.05) is 13.7 Å². The van der Waals surface area contributed by atoms with Crippen LogP contribution in [-0.4, -0.2) is 18.8 Å². The zero-order valence-electron chi connectivity index (χ0n) is 7.74. The third kappa shape index (κ3) is 3.14. The quantitative estimate of drug-likeness (QED) is 0.815. The van der Waals surface area contributed by atoms with Crippen molar-refractivity contribution >= 4 is 12.4 Å². The third-order valence-corrected chi connectivity index (χ3v) is 1.74. The number of nitrogens with two attached hydrogens (primary N) is 1. The van der Waals surface area contributed by atoms with Gasteiger partial charge in [0, 0.05) is 18.7 Å². The minimum Gasteiger partial charge on any atom is -0.508 e. The molecular formula is C9H13ClFNO2. The lowest BCUT2D eigenvalue weighted by molar-refractivity contribution is 0.179. The van der Waals surface area contributed by atoms with E-state index in [1.807, 2.05) is 0 Å². The summed E-state index contributed by atoms with van der Waals surface area (Å²) in [5.74, 6) is -0.615. The molecule has 5 heteroatoms. The van der Waals surface area contributed by atoms with Crippen molar-refractivity contribution in [3.8, 4) is 5.75 Å². The minimum atomic E-state index is -0.481. The number of phenolic OH excluding ortho intramolecular Hbond substituents is 1. The monoisotopic (exact) mass is 221 g/mol. The van der Waals surface area contributed by atoms with Gasteiger partial charge in [-0.2, -0.15) is 0 Å². The Labute approximate surface area is 88.1 Å². The molecule has 0 saturated heterocycles. The van der Waals surface area contributed by atoms with Gasteiger partial charge in [0.1, 0.15) is 11.6 Å². The SMILES string of the molecule is COCC(N)c1ccc(F)cc1O.Cl. The Balaban J connectivity index is 0.00000169. The highest BCUT2D eigenvalue weighted by Crippen LogP contribution is 2.23. The standard InChI is InChI=1S/C9H12FNO2.ClH/c1-13-5-8(11)7-3-2-6(10)4-9(7)12;/h2-4,8,12H,5,11H2,1H3;1H. The molecule has 1 unspecified atom stereocenters. The summed E-state index contributed by atoms with van der Waals surface area (Å²) < 4.78 is 17.4. The van der Waals surface area contributed by atoms with E-state index in [4.69, 9.17) is 10.5 Å². The Morgan fingerprint density at radius 2 is 2.21 bits per heavy atom. The van der Waals surface area contributed by atoms with Crippen molar-refractivity contribution in [2.24, 2.45) is 5.73 Å². The van der Waals surface area contributed by atoms with E-state index in [2.05, 4.69) is 0 Å². The average Bonchev–Trinajstić information content (AvgIpc) is 2.04. The number of halogens is 2. The van der Waals surface area contributed by atoms with Gasteiger partial charge in [-0.05, 0) is 6.07 Å². The largest absolute Gasteiger partial charge is 0.508 e. The maximum Gasteiger partial charge on any atom is 0.126 e. The van der Waals surface area contributed by atoms with Crippen molar-refractivity contribution < 1.29 is 14.2 Å². The van der Waals surface area contributed by atoms with Gasteiger partial charge in [-0.15, -0.1) is 12.4 Å². The molecule has 3 nitrogen and oxygen atoms in total. The topological polar surface area (TPSA) is 55.5 Å². The van der Waals surface area contributed by atoms with E-state index in [-0.39, 0.29) is 18.2 Å². The summed E-state index contributed by atoms with van der Waals surface area (Å²) >= 11 is 0. The maximum absolute atomic E-state index is 12.6. The number of phenols is 1. The van der Waals surface area contributed by atoms with E-state index in [1.165, 1.54) is 19.2 Å². The zero-order chi connectivity index (χ0) is 9.84. The minimum absolute atomic E-state index is 0. The lowest BCUT2D eigenvalue weighted by Crippen LogP contribution is -2.16. The van der Waals surface area contributed by atoms with Crippen LogP contribution >= 0.6 is 12.4 Å². The van der Waals surface area contributed by atoms with Crippen molar-refractivity contribution in [3.63, 3.8) is 0 Å². The van der Waals surface area contributed by atoms with Crippen LogP contribution in [0.4, 0.5) is 4.39 Å². The van der Waals surface area contributed by atoms with Gasteiger partial charge in [0.25, 0.3) is 0 Å². The van der Waals surface area contributed by atoms with Gasteiger partial charge in [-0.1, -0.05) is 6.07 Å². The molecule has 0 aliphatic rings. The van der Waals surface area contributed by atoms with E-state index in [9.17, 15) is 9.50 Å². The number of ether oxygens (including phenoxy) is 1. The average molecular weight is 222 g/mol. The summed E-state index contributed by atoms with van der Waals surface area (Å²) in [5.41, 5.74) is 6.14. The van der Waals surface area contributed by atoms with Crippen molar-refractivity contribution in [3.05, 3.63) is 29.6 Å². The van der Waals surface area contributed by atoms with E-state index in [1.54, 1.807) is 0 Å². The first kappa shape index (κ1) is 13.2. The highest BCUT2D eigenvalue weighted by Gasteiger charge is 2.10. The van der Waals surface area contributed by atoms with Gasteiger partial charge >= 0.3 is 0 Å². The Kier molecular flexibility index (Phi) is 5.45. The second-order valence-electron chi connectivity index (χ2n) is 2.76. The smallest absolute Gasteiger partial charge is 0.126 e. The van der Waals surface area contributed by atoms with Gasteiger partial charge in [0.05, 0.1) is 12.6 Å². The summed E-state index contributed by atoms with van der Waals surface area (Å²) in [6.07, 6.45) is 0. The van der Waals surface area contributed by atoms with Crippen molar-refractivity contribution in [2.45, 2.75) is 6.04 Å². The van der Waals surface area contributed by atoms with Crippen LogP contribution in [0.15, 0.2) is 18.2 Å². The van der Waals surface area contributed by atoms with Crippen LogP contribution < -0.4 is 5.73 Å². The van der Waals surface area contributed by atoms with Crippen LogP contribution in [0.2, 0.25) is 0 Å². The highest BCUT2D eigenvalue weighted by molar-refractivity contribution is 5.85. The van der Waals surface area contributed by atoms with Crippen LogP contribution in [0, 0.1) is 5.82 Å². The van der Waals surface area contributed by atoms with E-state index in [0.717, 1.165) is 6.07 Å². The lowest BCUT2D eigenvalue weighted by atomic mass is 10.1. The van der Waals surface area contributed by atoms with Crippen molar-refractivity contribution in [1.29, 1.82) is 0 Å². The Morgan fingerprint density at radius 3 is 2.71 bits per heavy atom. The number of methoxy groups -OCH3 is 1. The highest BCUT2D eigenvalue weighted by atomic mass is 35.5. The predicted octanol–water partition coefficient (Wildman–Crippen LogP) is 1.60. The molecule has 3 N–H and O–H groups in total. The molecular weight excluding hydrogens is 209 g/mol. The molecule has 14 heavy (non-hydrogen) atoms. The molecule has 0 spiro atoms. The Bertz CT molecular complexity index is 296. The van der Waals surface area contributed by atoms with Crippen LogP contribution in [0.3, 0.4) is 0 Å². The third-order valence-electron chi connectivity index (χ3n) is 1.74. The number of hydrogen-bond donors (Lipinski definition) is 2. The molecule has 0 heterocycles. The molecule has 0 amide bonds. The molecule has 0 bridgehead atoms. The summed E-state index contributed by atoms with van der Waals surface area (Å²) in [7, 11) is 1.51. The van der Waals surface area contributed by atoms with Gasteiger partial charge in [-0.25, -0.2) is 4.39 Å². The number of rotatable bonds is 3. The first-order chi connectivity index (χ1) is 6.15. The second kappa shape index (κ2) is 5.80. The van der Waals surface area contributed by atoms with Gasteiger partial charge in [-0.3, -0.25) is 0 Å². The summed E-state index contributed by atoms with van der Waals surface area (Å²) in [6.45, 7) is 0.291. The fourth-order valence-corrected chi connectivity index (χ4v) is 1.10. The Hall–Kier alpha value is -0.840. The lowest BCUT2D eigenvalue weighted by Gasteiger charge is -2.12. The van der Waals surface area contributed by atoms with Crippen LogP contribution in [0.25, 0.3) is 0 Å². The zero-order valence-corrected chi connectivity index (χ0v) is 8.55. The molecule has 0 aliphatic heterocycles. The summed E-state index contributed by atoms with van der Waals surface area (Å²) in [4.78, 5) is 0. The molecule has 1 aromatic rings. The van der Waals surface area contributed by atoms with Gasteiger partial charge in [0.2, 0.25) is 0 Å². The number of benzene rings is 1. The van der Waals surface area contributed by atoms with E-state index in [0.29, 0.717) is 12.2 Å².